The van der Waals surface area contributed by atoms with Gasteiger partial charge in [-0.05, 0) is 12.5 Å². The first-order chi connectivity index (χ1) is 8.63. The summed E-state index contributed by atoms with van der Waals surface area (Å²) in [6.07, 6.45) is 1.95. The molecule has 94 valence electrons. The number of aromatic nitrogens is 2. The Morgan fingerprint density at radius 1 is 1.50 bits per heavy atom. The standard InChI is InChI=1S/C12H13N3O3/c1-2-9(12(17)18)14-11(16)8-5-3-4-7-6-13-15-10(7)8/h3-6,9H,2H2,1H3,(H,13,15)(H,14,16)(H,17,18). The van der Waals surface area contributed by atoms with Crippen molar-refractivity contribution in [1.29, 1.82) is 0 Å². The van der Waals surface area contributed by atoms with Crippen LogP contribution in [0.4, 0.5) is 0 Å². The Balaban J connectivity index is 2.28. The Kier molecular flexibility index (Phi) is 3.27. The minimum absolute atomic E-state index is 0.333. The average Bonchev–Trinajstić information content (AvgIpc) is 2.82. The van der Waals surface area contributed by atoms with Gasteiger partial charge in [-0.1, -0.05) is 19.1 Å². The first-order valence-corrected chi connectivity index (χ1v) is 5.59. The SMILES string of the molecule is CCC(NC(=O)c1cccc2cn[nH]c12)C(=O)O. The second-order valence-corrected chi connectivity index (χ2v) is 3.91. The lowest BCUT2D eigenvalue weighted by atomic mass is 10.1. The first kappa shape index (κ1) is 12.1. The van der Waals surface area contributed by atoms with Crippen LogP contribution in [0, 0.1) is 0 Å². The third kappa shape index (κ3) is 2.17. The van der Waals surface area contributed by atoms with Gasteiger partial charge in [0.1, 0.15) is 6.04 Å². The van der Waals surface area contributed by atoms with Gasteiger partial charge in [-0.15, -0.1) is 0 Å². The van der Waals surface area contributed by atoms with Gasteiger partial charge in [0, 0.05) is 5.39 Å². The number of aromatic amines is 1. The van der Waals surface area contributed by atoms with E-state index in [0.717, 1.165) is 5.39 Å². The van der Waals surface area contributed by atoms with E-state index in [1.54, 1.807) is 25.3 Å². The van der Waals surface area contributed by atoms with Crippen LogP contribution < -0.4 is 5.32 Å². The molecule has 0 aliphatic rings. The van der Waals surface area contributed by atoms with E-state index in [9.17, 15) is 9.59 Å². The van der Waals surface area contributed by atoms with Crippen molar-refractivity contribution in [1.82, 2.24) is 15.5 Å². The number of fused-ring (bicyclic) bond motifs is 1. The van der Waals surface area contributed by atoms with Crippen molar-refractivity contribution in [2.24, 2.45) is 0 Å². The van der Waals surface area contributed by atoms with Crippen LogP contribution >= 0.6 is 0 Å². The highest BCUT2D eigenvalue weighted by Gasteiger charge is 2.19. The van der Waals surface area contributed by atoms with Gasteiger partial charge in [0.25, 0.3) is 5.91 Å². The fraction of sp³-hybridized carbons (Fsp3) is 0.250. The minimum atomic E-state index is -1.04. The number of carbonyl (C=O) groups excluding carboxylic acids is 1. The Hall–Kier alpha value is -2.37. The number of para-hydroxylation sites is 1. The molecule has 0 spiro atoms. The molecule has 0 bridgehead atoms. The second kappa shape index (κ2) is 4.87. The van der Waals surface area contributed by atoms with Crippen LogP contribution in [0.25, 0.3) is 10.9 Å². The van der Waals surface area contributed by atoms with E-state index in [4.69, 9.17) is 5.11 Å². The number of carboxylic acid groups (broad SMARTS) is 1. The molecule has 2 rings (SSSR count). The third-order valence-corrected chi connectivity index (χ3v) is 2.73. The van der Waals surface area contributed by atoms with Crippen LogP contribution in [0.2, 0.25) is 0 Å². The van der Waals surface area contributed by atoms with Crippen molar-refractivity contribution in [3.63, 3.8) is 0 Å². The lowest BCUT2D eigenvalue weighted by Gasteiger charge is -2.12. The third-order valence-electron chi connectivity index (χ3n) is 2.73. The van der Waals surface area contributed by atoms with Crippen molar-refractivity contribution in [2.75, 3.05) is 0 Å². The molecular weight excluding hydrogens is 234 g/mol. The van der Waals surface area contributed by atoms with Crippen molar-refractivity contribution in [3.05, 3.63) is 30.0 Å². The van der Waals surface area contributed by atoms with Crippen molar-refractivity contribution in [2.45, 2.75) is 19.4 Å². The lowest BCUT2D eigenvalue weighted by Crippen LogP contribution is -2.40. The van der Waals surface area contributed by atoms with Crippen LogP contribution in [0.1, 0.15) is 23.7 Å². The molecule has 0 saturated carbocycles. The Morgan fingerprint density at radius 2 is 2.28 bits per heavy atom. The maximum Gasteiger partial charge on any atom is 0.326 e. The molecule has 6 heteroatoms. The van der Waals surface area contributed by atoms with Gasteiger partial charge in [-0.2, -0.15) is 5.10 Å². The molecule has 0 saturated heterocycles. The van der Waals surface area contributed by atoms with Gasteiger partial charge in [-0.3, -0.25) is 9.89 Å². The lowest BCUT2D eigenvalue weighted by molar-refractivity contribution is -0.139. The van der Waals surface area contributed by atoms with Gasteiger partial charge in [0.05, 0.1) is 17.3 Å². The van der Waals surface area contributed by atoms with Crippen molar-refractivity contribution in [3.8, 4) is 0 Å². The van der Waals surface area contributed by atoms with Crippen LogP contribution in [0.5, 0.6) is 0 Å². The van der Waals surface area contributed by atoms with Crippen molar-refractivity contribution >= 4 is 22.8 Å². The summed E-state index contributed by atoms with van der Waals surface area (Å²) in [4.78, 5) is 22.9. The van der Waals surface area contributed by atoms with E-state index in [1.807, 2.05) is 6.07 Å². The molecule has 1 heterocycles. The zero-order chi connectivity index (χ0) is 13.1. The van der Waals surface area contributed by atoms with Gasteiger partial charge < -0.3 is 10.4 Å². The van der Waals surface area contributed by atoms with Crippen molar-refractivity contribution < 1.29 is 14.7 Å². The second-order valence-electron chi connectivity index (χ2n) is 3.91. The molecule has 1 unspecified atom stereocenters. The van der Waals surface area contributed by atoms with E-state index in [1.165, 1.54) is 0 Å². The number of H-pyrrole nitrogens is 1. The molecule has 0 aliphatic heterocycles. The number of carboxylic acids is 1. The normalized spacial score (nSPS) is 12.3. The molecule has 0 radical (unpaired) electrons. The number of rotatable bonds is 4. The number of amides is 1. The maximum atomic E-state index is 12.0. The highest BCUT2D eigenvalue weighted by atomic mass is 16.4. The van der Waals surface area contributed by atoms with E-state index in [-0.39, 0.29) is 0 Å². The molecule has 6 nitrogen and oxygen atoms in total. The number of nitrogens with one attached hydrogen (secondary N) is 2. The summed E-state index contributed by atoms with van der Waals surface area (Å²) in [6, 6.07) is 4.30. The fourth-order valence-electron chi connectivity index (χ4n) is 1.73. The van der Waals surface area contributed by atoms with Gasteiger partial charge in [0.15, 0.2) is 0 Å². The summed E-state index contributed by atoms with van der Waals surface area (Å²) in [5.41, 5.74) is 1.000. The molecule has 1 aromatic carbocycles. The fourth-order valence-corrected chi connectivity index (χ4v) is 1.73. The first-order valence-electron chi connectivity index (χ1n) is 5.59. The zero-order valence-corrected chi connectivity index (χ0v) is 9.80. The molecular formula is C12H13N3O3. The summed E-state index contributed by atoms with van der Waals surface area (Å²) in [7, 11) is 0. The minimum Gasteiger partial charge on any atom is -0.480 e. The van der Waals surface area contributed by atoms with Crippen LogP contribution in [0.3, 0.4) is 0 Å². The molecule has 1 atom stereocenters. The highest BCUT2D eigenvalue weighted by Crippen LogP contribution is 2.15. The number of carbonyl (C=O) groups is 2. The van der Waals surface area contributed by atoms with Gasteiger partial charge in [0.2, 0.25) is 0 Å². The molecule has 2 aromatic rings. The number of aliphatic carboxylic acids is 1. The maximum absolute atomic E-state index is 12.0. The number of benzene rings is 1. The number of hydrogen-bond acceptors (Lipinski definition) is 3. The summed E-state index contributed by atoms with van der Waals surface area (Å²) in [5, 5.41) is 18.8. The summed E-state index contributed by atoms with van der Waals surface area (Å²) >= 11 is 0. The van der Waals surface area contributed by atoms with Gasteiger partial charge >= 0.3 is 5.97 Å². The smallest absolute Gasteiger partial charge is 0.326 e. The van der Waals surface area contributed by atoms with Gasteiger partial charge in [-0.25, -0.2) is 4.79 Å². The monoisotopic (exact) mass is 247 g/mol. The van der Waals surface area contributed by atoms with E-state index in [0.29, 0.717) is 17.5 Å². The summed E-state index contributed by atoms with van der Waals surface area (Å²) in [5.74, 6) is -1.46. The number of nitrogens with zero attached hydrogens (tertiary/aromatic N) is 1. The van der Waals surface area contributed by atoms with Crippen LogP contribution in [0.15, 0.2) is 24.4 Å². The van der Waals surface area contributed by atoms with Crippen LogP contribution in [-0.4, -0.2) is 33.2 Å². The van der Waals surface area contributed by atoms with E-state index < -0.39 is 17.9 Å². The van der Waals surface area contributed by atoms with Crippen LogP contribution in [-0.2, 0) is 4.79 Å². The highest BCUT2D eigenvalue weighted by molar-refractivity contribution is 6.06. The Morgan fingerprint density at radius 3 is 2.94 bits per heavy atom. The largest absolute Gasteiger partial charge is 0.480 e. The average molecular weight is 247 g/mol. The quantitative estimate of drug-likeness (QED) is 0.755. The zero-order valence-electron chi connectivity index (χ0n) is 9.80. The summed E-state index contributed by atoms with van der Waals surface area (Å²) in [6.45, 7) is 1.70. The summed E-state index contributed by atoms with van der Waals surface area (Å²) < 4.78 is 0. The Bertz CT molecular complexity index is 591. The van der Waals surface area contributed by atoms with E-state index in [2.05, 4.69) is 15.5 Å². The van der Waals surface area contributed by atoms with E-state index >= 15 is 0 Å². The number of hydrogen-bond donors (Lipinski definition) is 3. The molecule has 3 N–H and O–H groups in total. The predicted molar refractivity (Wildman–Crippen MR) is 65.3 cm³/mol. The molecule has 0 aliphatic carbocycles. The Labute approximate surface area is 103 Å². The predicted octanol–water partition coefficient (Wildman–Crippen LogP) is 1.16. The molecule has 1 amide bonds. The topological polar surface area (TPSA) is 95.1 Å². The molecule has 1 aromatic heterocycles. The molecule has 0 fully saturated rings. The molecule has 18 heavy (non-hydrogen) atoms.